The number of ether oxygens (including phenoxy) is 1. The largest absolute Gasteiger partial charge is 0.429 e. The SMILES string of the molecule is CCCCCCc1cc(C)sc1-c1cc(-c2ccnc(-c3cc(OC=O)cc(-c4cc5ccccc5cn4)n3)c2)cs1. The van der Waals surface area contributed by atoms with Gasteiger partial charge in [0.05, 0.1) is 22.8 Å². The minimum absolute atomic E-state index is 0.393. The molecule has 0 radical (unpaired) electrons. The molecule has 7 heteroatoms. The van der Waals surface area contributed by atoms with Crippen LogP contribution in [0.1, 0.15) is 43.0 Å². The van der Waals surface area contributed by atoms with Gasteiger partial charge in [-0.25, -0.2) is 4.98 Å². The lowest BCUT2D eigenvalue weighted by Crippen LogP contribution is -1.96. The lowest BCUT2D eigenvalue weighted by atomic mass is 10.0. The van der Waals surface area contributed by atoms with Gasteiger partial charge in [0, 0.05) is 44.5 Å². The number of hydrogen-bond acceptors (Lipinski definition) is 7. The van der Waals surface area contributed by atoms with Crippen molar-refractivity contribution in [2.75, 3.05) is 0 Å². The fraction of sp³-hybridized carbons (Fsp3) is 0.200. The van der Waals surface area contributed by atoms with Gasteiger partial charge in [-0.1, -0.05) is 50.5 Å². The Hall–Kier alpha value is -4.20. The quantitative estimate of drug-likeness (QED) is 0.111. The highest BCUT2D eigenvalue weighted by atomic mass is 32.1. The molecule has 0 atom stereocenters. The average molecular weight is 590 g/mol. The van der Waals surface area contributed by atoms with E-state index < -0.39 is 0 Å². The van der Waals surface area contributed by atoms with Gasteiger partial charge >= 0.3 is 0 Å². The molecule has 0 amide bonds. The minimum Gasteiger partial charge on any atom is -0.429 e. The zero-order valence-corrected chi connectivity index (χ0v) is 25.3. The van der Waals surface area contributed by atoms with Crippen LogP contribution in [0.15, 0.2) is 84.5 Å². The monoisotopic (exact) mass is 589 g/mol. The fourth-order valence-corrected chi connectivity index (χ4v) is 7.31. The number of aryl methyl sites for hydroxylation is 2. The first-order chi connectivity index (χ1) is 20.6. The molecular weight excluding hydrogens is 559 g/mol. The summed E-state index contributed by atoms with van der Waals surface area (Å²) >= 11 is 3.67. The van der Waals surface area contributed by atoms with Crippen molar-refractivity contribution in [2.45, 2.75) is 46.0 Å². The molecule has 0 saturated heterocycles. The van der Waals surface area contributed by atoms with Gasteiger partial charge in [-0.2, -0.15) is 0 Å². The highest BCUT2D eigenvalue weighted by molar-refractivity contribution is 7.21. The third-order valence-corrected chi connectivity index (χ3v) is 9.49. The topological polar surface area (TPSA) is 65.0 Å². The highest BCUT2D eigenvalue weighted by Crippen LogP contribution is 2.40. The number of nitrogens with zero attached hydrogens (tertiary/aromatic N) is 3. The number of rotatable bonds is 11. The van der Waals surface area contributed by atoms with E-state index in [1.54, 1.807) is 29.7 Å². The van der Waals surface area contributed by atoms with E-state index in [9.17, 15) is 4.79 Å². The van der Waals surface area contributed by atoms with Crippen LogP contribution in [0.3, 0.4) is 0 Å². The van der Waals surface area contributed by atoms with Crippen molar-refractivity contribution in [3.05, 3.63) is 94.9 Å². The Morgan fingerprint density at radius 3 is 2.45 bits per heavy atom. The lowest BCUT2D eigenvalue weighted by Gasteiger charge is -2.09. The van der Waals surface area contributed by atoms with Gasteiger partial charge in [0.1, 0.15) is 5.75 Å². The number of fused-ring (bicyclic) bond motifs is 1. The molecule has 42 heavy (non-hydrogen) atoms. The van der Waals surface area contributed by atoms with E-state index in [0.717, 1.165) is 28.3 Å². The standard InChI is InChI=1S/C35H31N3O2S2/c1-3-4-5-6-10-26-14-23(2)42-35(26)34-17-28(21-41-34)25-12-13-36-30(16-25)32-18-29(40-22-39)19-33(38-32)31-15-24-9-7-8-11-27(24)20-37-31/h7-9,11-22H,3-6,10H2,1-2H3. The summed E-state index contributed by atoms with van der Waals surface area (Å²) in [4.78, 5) is 29.4. The molecule has 5 nitrogen and oxygen atoms in total. The van der Waals surface area contributed by atoms with E-state index in [4.69, 9.17) is 9.72 Å². The highest BCUT2D eigenvalue weighted by Gasteiger charge is 2.15. The number of pyridine rings is 3. The van der Waals surface area contributed by atoms with Gasteiger partial charge < -0.3 is 4.74 Å². The summed E-state index contributed by atoms with van der Waals surface area (Å²) in [6, 6.07) is 22.2. The zero-order valence-electron chi connectivity index (χ0n) is 23.7. The number of aromatic nitrogens is 3. The molecule has 5 aromatic heterocycles. The molecule has 5 heterocycles. The van der Waals surface area contributed by atoms with E-state index in [0.29, 0.717) is 35.0 Å². The van der Waals surface area contributed by atoms with E-state index in [-0.39, 0.29) is 0 Å². The van der Waals surface area contributed by atoms with Crippen molar-refractivity contribution in [1.82, 2.24) is 15.0 Å². The Morgan fingerprint density at radius 2 is 1.64 bits per heavy atom. The number of thiophene rings is 2. The van der Waals surface area contributed by atoms with Crippen LogP contribution in [0.2, 0.25) is 0 Å². The predicted molar refractivity (Wildman–Crippen MR) is 174 cm³/mol. The first kappa shape index (κ1) is 27.9. The number of carbonyl (C=O) groups excluding carboxylic acids is 1. The van der Waals surface area contributed by atoms with Gasteiger partial charge in [0.25, 0.3) is 6.47 Å². The van der Waals surface area contributed by atoms with Crippen molar-refractivity contribution >= 4 is 39.9 Å². The summed E-state index contributed by atoms with van der Waals surface area (Å²) in [5.74, 6) is 0.393. The van der Waals surface area contributed by atoms with Crippen LogP contribution in [-0.2, 0) is 11.2 Å². The van der Waals surface area contributed by atoms with Crippen molar-refractivity contribution in [3.63, 3.8) is 0 Å². The second kappa shape index (κ2) is 12.8. The Morgan fingerprint density at radius 1 is 0.833 bits per heavy atom. The van der Waals surface area contributed by atoms with Gasteiger partial charge in [0.15, 0.2) is 0 Å². The Bertz CT molecular complexity index is 1860. The molecule has 0 saturated carbocycles. The molecule has 0 unspecified atom stereocenters. The molecule has 0 N–H and O–H groups in total. The van der Waals surface area contributed by atoms with E-state index >= 15 is 0 Å². The maximum atomic E-state index is 11.2. The molecule has 1 aromatic carbocycles. The van der Waals surface area contributed by atoms with E-state index in [2.05, 4.69) is 41.3 Å². The third kappa shape index (κ3) is 6.17. The maximum Gasteiger partial charge on any atom is 0.298 e. The minimum atomic E-state index is 0.393. The van der Waals surface area contributed by atoms with Crippen molar-refractivity contribution in [2.24, 2.45) is 0 Å². The summed E-state index contributed by atoms with van der Waals surface area (Å²) in [6.45, 7) is 4.88. The lowest BCUT2D eigenvalue weighted by molar-refractivity contribution is -0.120. The Labute approximate surface area is 253 Å². The molecule has 0 aliphatic heterocycles. The summed E-state index contributed by atoms with van der Waals surface area (Å²) in [5.41, 5.74) is 6.29. The van der Waals surface area contributed by atoms with Crippen LogP contribution < -0.4 is 4.74 Å². The molecule has 210 valence electrons. The van der Waals surface area contributed by atoms with Gasteiger partial charge in [0.2, 0.25) is 0 Å². The number of carbonyl (C=O) groups is 1. The van der Waals surface area contributed by atoms with Crippen molar-refractivity contribution < 1.29 is 9.53 Å². The molecular formula is C35H31N3O2S2. The van der Waals surface area contributed by atoms with Crippen LogP contribution in [0, 0.1) is 6.92 Å². The van der Waals surface area contributed by atoms with Crippen molar-refractivity contribution in [1.29, 1.82) is 0 Å². The predicted octanol–water partition coefficient (Wildman–Crippen LogP) is 9.78. The molecule has 0 aliphatic rings. The average Bonchev–Trinajstić information content (AvgIpc) is 3.66. The normalized spacial score (nSPS) is 11.2. The Balaban J connectivity index is 1.32. The van der Waals surface area contributed by atoms with Crippen LogP contribution >= 0.6 is 22.7 Å². The summed E-state index contributed by atoms with van der Waals surface area (Å²) in [5, 5.41) is 4.33. The van der Waals surface area contributed by atoms with Gasteiger partial charge in [-0.05, 0) is 77.6 Å². The zero-order chi connectivity index (χ0) is 28.9. The Kier molecular flexibility index (Phi) is 8.49. The smallest absolute Gasteiger partial charge is 0.298 e. The summed E-state index contributed by atoms with van der Waals surface area (Å²) in [6.07, 6.45) is 9.84. The molecule has 0 fully saturated rings. The molecule has 0 aliphatic carbocycles. The fourth-order valence-electron chi connectivity index (χ4n) is 5.18. The first-order valence-corrected chi connectivity index (χ1v) is 15.9. The number of hydrogen-bond donors (Lipinski definition) is 0. The number of unbranched alkanes of at least 4 members (excludes halogenated alkanes) is 3. The first-order valence-electron chi connectivity index (χ1n) is 14.2. The third-order valence-electron chi connectivity index (χ3n) is 7.29. The van der Waals surface area contributed by atoms with Crippen LogP contribution in [0.4, 0.5) is 0 Å². The maximum absolute atomic E-state index is 11.2. The molecule has 0 spiro atoms. The molecule has 6 aromatic rings. The van der Waals surface area contributed by atoms with E-state index in [1.165, 1.54) is 45.9 Å². The molecule has 6 rings (SSSR count). The number of benzene rings is 1. The van der Waals surface area contributed by atoms with Crippen LogP contribution in [0.25, 0.3) is 54.4 Å². The van der Waals surface area contributed by atoms with Crippen LogP contribution in [0.5, 0.6) is 5.75 Å². The summed E-state index contributed by atoms with van der Waals surface area (Å²) in [7, 11) is 0. The second-order valence-electron chi connectivity index (χ2n) is 10.4. The summed E-state index contributed by atoms with van der Waals surface area (Å²) < 4.78 is 5.27. The van der Waals surface area contributed by atoms with Crippen molar-refractivity contribution in [3.8, 4) is 49.4 Å². The van der Waals surface area contributed by atoms with Gasteiger partial charge in [-0.15, -0.1) is 22.7 Å². The second-order valence-corrected chi connectivity index (χ2v) is 12.5. The molecule has 0 bridgehead atoms. The van der Waals surface area contributed by atoms with Gasteiger partial charge in [-0.3, -0.25) is 14.8 Å². The van der Waals surface area contributed by atoms with Crippen LogP contribution in [-0.4, -0.2) is 21.4 Å². The van der Waals surface area contributed by atoms with E-state index in [1.807, 2.05) is 60.0 Å².